The third-order valence-electron chi connectivity index (χ3n) is 5.75. The maximum atomic E-state index is 2.45. The Morgan fingerprint density at radius 3 is 2.23 bits per heavy atom. The molecule has 1 aliphatic rings. The molecule has 0 radical (unpaired) electrons. The summed E-state index contributed by atoms with van der Waals surface area (Å²) < 4.78 is 0. The van der Waals surface area contributed by atoms with Crippen molar-refractivity contribution in [1.29, 1.82) is 0 Å². The lowest BCUT2D eigenvalue weighted by molar-refractivity contribution is 0.506. The Morgan fingerprint density at radius 1 is 0.955 bits per heavy atom. The van der Waals surface area contributed by atoms with E-state index >= 15 is 0 Å². The monoisotopic (exact) mass is 292 g/mol. The van der Waals surface area contributed by atoms with Crippen molar-refractivity contribution in [3.63, 3.8) is 0 Å². The van der Waals surface area contributed by atoms with Crippen LogP contribution in [0.25, 0.3) is 11.1 Å². The van der Waals surface area contributed by atoms with Crippen molar-refractivity contribution in [3.8, 4) is 11.1 Å². The minimum atomic E-state index is 0.270. The Hall–Kier alpha value is -1.56. The van der Waals surface area contributed by atoms with Gasteiger partial charge in [0.25, 0.3) is 0 Å². The molecule has 3 rings (SSSR count). The second-order valence-electron chi connectivity index (χ2n) is 7.51. The fourth-order valence-electron chi connectivity index (χ4n) is 3.40. The van der Waals surface area contributed by atoms with E-state index in [-0.39, 0.29) is 5.41 Å². The normalized spacial score (nSPS) is 14.6. The average molecular weight is 292 g/mol. The van der Waals surface area contributed by atoms with Crippen LogP contribution in [-0.2, 0) is 11.8 Å². The molecule has 0 heterocycles. The van der Waals surface area contributed by atoms with Gasteiger partial charge in [-0.1, -0.05) is 71.0 Å². The van der Waals surface area contributed by atoms with Gasteiger partial charge in [0.15, 0.2) is 0 Å². The minimum absolute atomic E-state index is 0.270. The van der Waals surface area contributed by atoms with Crippen molar-refractivity contribution in [3.05, 3.63) is 58.7 Å². The van der Waals surface area contributed by atoms with Gasteiger partial charge in [-0.2, -0.15) is 0 Å². The van der Waals surface area contributed by atoms with E-state index in [0.29, 0.717) is 5.92 Å². The van der Waals surface area contributed by atoms with E-state index in [0.717, 1.165) is 6.42 Å². The molecule has 0 heteroatoms. The van der Waals surface area contributed by atoms with Crippen LogP contribution in [0, 0.1) is 0 Å². The van der Waals surface area contributed by atoms with E-state index in [1.807, 2.05) is 0 Å². The van der Waals surface area contributed by atoms with Gasteiger partial charge >= 0.3 is 0 Å². The molecule has 0 nitrogen and oxygen atoms in total. The Kier molecular flexibility index (Phi) is 3.89. The molecule has 0 bridgehead atoms. The van der Waals surface area contributed by atoms with E-state index in [2.05, 4.69) is 71.0 Å². The van der Waals surface area contributed by atoms with Crippen LogP contribution in [0.4, 0.5) is 0 Å². The molecule has 0 spiro atoms. The Labute approximate surface area is 135 Å². The average Bonchev–Trinajstić information content (AvgIpc) is 2.90. The quantitative estimate of drug-likeness (QED) is 0.517. The molecule has 1 aliphatic carbocycles. The van der Waals surface area contributed by atoms with E-state index in [1.54, 1.807) is 0 Å². The maximum Gasteiger partial charge on any atom is -0.00132 e. The van der Waals surface area contributed by atoms with E-state index in [4.69, 9.17) is 0 Å². The number of benzene rings is 2. The van der Waals surface area contributed by atoms with Crippen molar-refractivity contribution < 1.29 is 0 Å². The molecule has 1 unspecified atom stereocenters. The molecule has 22 heavy (non-hydrogen) atoms. The summed E-state index contributed by atoms with van der Waals surface area (Å²) in [5, 5.41) is 0. The summed E-state index contributed by atoms with van der Waals surface area (Å²) in [4.78, 5) is 0. The molecule has 0 saturated heterocycles. The lowest BCUT2D eigenvalue weighted by Gasteiger charge is -2.24. The highest BCUT2D eigenvalue weighted by molar-refractivity contribution is 5.77. The summed E-state index contributed by atoms with van der Waals surface area (Å²) in [5.74, 6) is 0.656. The van der Waals surface area contributed by atoms with Crippen LogP contribution in [0.15, 0.2) is 36.4 Å². The fourth-order valence-corrected chi connectivity index (χ4v) is 3.40. The first kappa shape index (κ1) is 15.3. The SMILES string of the molecule is CCC(C)c1ccc2c(c1)Cc1cc(C(C)(C)CC)ccc1-2. The summed E-state index contributed by atoms with van der Waals surface area (Å²) in [6.45, 7) is 11.6. The lowest BCUT2D eigenvalue weighted by atomic mass is 9.81. The third-order valence-corrected chi connectivity index (χ3v) is 5.75. The predicted molar refractivity (Wildman–Crippen MR) is 96.7 cm³/mol. The Morgan fingerprint density at radius 2 is 1.59 bits per heavy atom. The van der Waals surface area contributed by atoms with E-state index < -0.39 is 0 Å². The largest absolute Gasteiger partial charge is 0.0648 e. The molecule has 2 aromatic rings. The first-order chi connectivity index (χ1) is 10.5. The van der Waals surface area contributed by atoms with Crippen LogP contribution in [0.3, 0.4) is 0 Å². The Bertz CT molecular complexity index is 691. The van der Waals surface area contributed by atoms with Gasteiger partial charge in [0, 0.05) is 0 Å². The zero-order valence-corrected chi connectivity index (χ0v) is 14.7. The third kappa shape index (κ3) is 2.49. The maximum absolute atomic E-state index is 2.45. The standard InChI is InChI=1S/C22H28/c1-6-15(3)16-8-10-20-17(12-16)13-18-14-19(9-11-21(18)20)22(4,5)7-2/h8-12,14-15H,6-7,13H2,1-5H3. The van der Waals surface area contributed by atoms with Crippen molar-refractivity contribution in [2.45, 2.75) is 65.2 Å². The summed E-state index contributed by atoms with van der Waals surface area (Å²) in [6.07, 6.45) is 3.49. The van der Waals surface area contributed by atoms with Gasteiger partial charge in [-0.15, -0.1) is 0 Å². The molecule has 2 aromatic carbocycles. The zero-order valence-electron chi connectivity index (χ0n) is 14.7. The van der Waals surface area contributed by atoms with Gasteiger partial charge in [0.05, 0.1) is 0 Å². The fraction of sp³-hybridized carbons (Fsp3) is 0.455. The number of fused-ring (bicyclic) bond motifs is 3. The van der Waals surface area contributed by atoms with E-state index in [9.17, 15) is 0 Å². The predicted octanol–water partition coefficient (Wildman–Crippen LogP) is 6.46. The van der Waals surface area contributed by atoms with Crippen molar-refractivity contribution in [2.75, 3.05) is 0 Å². The highest BCUT2D eigenvalue weighted by atomic mass is 14.3. The zero-order chi connectivity index (χ0) is 15.9. The summed E-state index contributed by atoms with van der Waals surface area (Å²) >= 11 is 0. The van der Waals surface area contributed by atoms with Crippen molar-refractivity contribution in [1.82, 2.24) is 0 Å². The highest BCUT2D eigenvalue weighted by Crippen LogP contribution is 2.40. The Balaban J connectivity index is 1.99. The second kappa shape index (κ2) is 5.57. The topological polar surface area (TPSA) is 0 Å². The highest BCUT2D eigenvalue weighted by Gasteiger charge is 2.23. The van der Waals surface area contributed by atoms with Gasteiger partial charge < -0.3 is 0 Å². The summed E-state index contributed by atoms with van der Waals surface area (Å²) in [6, 6.07) is 14.2. The number of hydrogen-bond acceptors (Lipinski definition) is 0. The second-order valence-corrected chi connectivity index (χ2v) is 7.51. The van der Waals surface area contributed by atoms with Crippen LogP contribution >= 0.6 is 0 Å². The molecule has 1 atom stereocenters. The number of rotatable bonds is 4. The molecule has 0 saturated carbocycles. The number of hydrogen-bond donors (Lipinski definition) is 0. The molecular weight excluding hydrogens is 264 g/mol. The smallest absolute Gasteiger partial charge is 0.00132 e. The first-order valence-electron chi connectivity index (χ1n) is 8.73. The van der Waals surface area contributed by atoms with Crippen LogP contribution < -0.4 is 0 Å². The first-order valence-corrected chi connectivity index (χ1v) is 8.73. The van der Waals surface area contributed by atoms with Gasteiger partial charge in [-0.05, 0) is 64.0 Å². The van der Waals surface area contributed by atoms with Gasteiger partial charge in [0.1, 0.15) is 0 Å². The molecule has 0 fully saturated rings. The summed E-state index contributed by atoms with van der Waals surface area (Å²) in [7, 11) is 0. The van der Waals surface area contributed by atoms with E-state index in [1.165, 1.54) is 46.2 Å². The molecule has 116 valence electrons. The molecular formula is C22H28. The van der Waals surface area contributed by atoms with Gasteiger partial charge in [-0.25, -0.2) is 0 Å². The summed E-state index contributed by atoms with van der Waals surface area (Å²) in [5.41, 5.74) is 9.15. The van der Waals surface area contributed by atoms with Gasteiger partial charge in [0.2, 0.25) is 0 Å². The van der Waals surface area contributed by atoms with Crippen molar-refractivity contribution >= 4 is 0 Å². The molecule has 0 aromatic heterocycles. The van der Waals surface area contributed by atoms with Crippen LogP contribution in [0.1, 0.15) is 75.6 Å². The van der Waals surface area contributed by atoms with Crippen LogP contribution in [-0.4, -0.2) is 0 Å². The minimum Gasteiger partial charge on any atom is -0.0648 e. The lowest BCUT2D eigenvalue weighted by Crippen LogP contribution is -2.15. The molecule has 0 N–H and O–H groups in total. The molecule has 0 amide bonds. The van der Waals surface area contributed by atoms with Gasteiger partial charge in [-0.3, -0.25) is 0 Å². The molecule has 0 aliphatic heterocycles. The van der Waals surface area contributed by atoms with Crippen LogP contribution in [0.5, 0.6) is 0 Å². The van der Waals surface area contributed by atoms with Crippen LogP contribution in [0.2, 0.25) is 0 Å². The van der Waals surface area contributed by atoms with Crippen molar-refractivity contribution in [2.24, 2.45) is 0 Å².